The molecule has 0 bridgehead atoms. The first-order valence-electron chi connectivity index (χ1n) is 15.4. The molecule has 15 heteroatoms. The number of nitrogens with zero attached hydrogens (tertiary/aromatic N) is 5. The molecule has 5 atom stereocenters. The average molecular weight is 644 g/mol. The minimum Gasteiger partial charge on any atom is -0.497 e. The molecular weight excluding hydrogens is 598 g/mol. The molecule has 3 heterocycles. The van der Waals surface area contributed by atoms with Crippen molar-refractivity contribution < 1.29 is 38.7 Å². The highest BCUT2D eigenvalue weighted by atomic mass is 16.5. The van der Waals surface area contributed by atoms with Crippen LogP contribution in [0, 0.1) is 5.92 Å². The Labute approximate surface area is 268 Å². The van der Waals surface area contributed by atoms with Crippen molar-refractivity contribution in [2.24, 2.45) is 11.7 Å². The number of carbonyl (C=O) groups excluding carboxylic acids is 2. The molecule has 0 saturated carbocycles. The monoisotopic (exact) mass is 643 g/mol. The molecule has 1 saturated heterocycles. The lowest BCUT2D eigenvalue weighted by Gasteiger charge is -2.24. The number of nitrogens with two attached hydrogens (primary N) is 1. The van der Waals surface area contributed by atoms with E-state index >= 15 is 0 Å². The number of rotatable bonds is 19. The number of aromatic nitrogens is 4. The molecule has 4 rings (SSSR count). The highest BCUT2D eigenvalue weighted by Crippen LogP contribution is 2.33. The number of amides is 1. The second-order valence-electron chi connectivity index (χ2n) is 11.3. The van der Waals surface area contributed by atoms with E-state index in [4.69, 9.17) is 24.7 Å². The minimum atomic E-state index is -1.25. The van der Waals surface area contributed by atoms with Crippen molar-refractivity contribution in [1.29, 1.82) is 0 Å². The van der Waals surface area contributed by atoms with Crippen LogP contribution < -0.4 is 20.7 Å². The van der Waals surface area contributed by atoms with Crippen LogP contribution in [-0.2, 0) is 30.2 Å². The van der Waals surface area contributed by atoms with E-state index < -0.39 is 42.9 Å². The highest BCUT2D eigenvalue weighted by molar-refractivity contribution is 5.87. The van der Waals surface area contributed by atoms with E-state index in [0.717, 1.165) is 5.56 Å². The molecule has 2 aromatic heterocycles. The number of imidazole rings is 1. The van der Waals surface area contributed by atoms with Gasteiger partial charge in [0.25, 0.3) is 0 Å². The van der Waals surface area contributed by atoms with Gasteiger partial charge in [0.2, 0.25) is 5.91 Å². The summed E-state index contributed by atoms with van der Waals surface area (Å²) in [5, 5.41) is 24.4. The number of fused-ring (bicyclic) bond motifs is 1. The number of aliphatic hydroxyl groups excluding tert-OH is 2. The van der Waals surface area contributed by atoms with E-state index in [2.05, 4.69) is 20.3 Å². The Morgan fingerprint density at radius 3 is 2.52 bits per heavy atom. The van der Waals surface area contributed by atoms with Crippen molar-refractivity contribution in [3.63, 3.8) is 0 Å². The molecule has 5 N–H and O–H groups in total. The molecule has 1 aliphatic rings. The molecule has 46 heavy (non-hydrogen) atoms. The zero-order valence-electron chi connectivity index (χ0n) is 26.6. The van der Waals surface area contributed by atoms with E-state index in [9.17, 15) is 19.8 Å². The van der Waals surface area contributed by atoms with E-state index in [1.54, 1.807) is 28.7 Å². The van der Waals surface area contributed by atoms with Crippen molar-refractivity contribution in [1.82, 2.24) is 24.8 Å². The third-order valence-corrected chi connectivity index (χ3v) is 7.77. The summed E-state index contributed by atoms with van der Waals surface area (Å²) in [4.78, 5) is 41.6. The average Bonchev–Trinajstić information content (AvgIpc) is 3.62. The fourth-order valence-electron chi connectivity index (χ4n) is 5.40. The summed E-state index contributed by atoms with van der Waals surface area (Å²) >= 11 is 0. The summed E-state index contributed by atoms with van der Waals surface area (Å²) < 4.78 is 23.6. The lowest BCUT2D eigenvalue weighted by molar-refractivity contribution is -0.130. The van der Waals surface area contributed by atoms with Crippen LogP contribution in [0.25, 0.3) is 11.2 Å². The number of ketones is 1. The number of hydrogen-bond acceptors (Lipinski definition) is 13. The normalized spacial score (nSPS) is 20.1. The molecule has 252 valence electrons. The summed E-state index contributed by atoms with van der Waals surface area (Å²) in [7, 11) is 5.23. The number of anilines is 1. The number of carbonyl (C=O) groups is 2. The van der Waals surface area contributed by atoms with Crippen LogP contribution in [0.1, 0.15) is 31.1 Å². The van der Waals surface area contributed by atoms with E-state index in [-0.39, 0.29) is 25.0 Å². The van der Waals surface area contributed by atoms with E-state index in [1.165, 1.54) is 12.7 Å². The lowest BCUT2D eigenvalue weighted by atomic mass is 9.91. The van der Waals surface area contributed by atoms with Crippen LogP contribution in [-0.4, -0.2) is 120 Å². The molecule has 0 radical (unpaired) electrons. The molecule has 1 fully saturated rings. The second-order valence-corrected chi connectivity index (χ2v) is 11.3. The fraction of sp³-hybridized carbons (Fsp3) is 0.581. The van der Waals surface area contributed by atoms with Gasteiger partial charge in [0.1, 0.15) is 30.1 Å². The SMILES string of the molecule is COc1ccc(C[C@H](CC(=O)CCCOCCOCCN)C(=O)N[C@H]2[C@@H](O)[C@H](n3cnc4c(N(C)C)ncnc43)O[C@@H]2CO)cc1. The summed E-state index contributed by atoms with van der Waals surface area (Å²) in [6.45, 7) is 1.70. The van der Waals surface area contributed by atoms with Gasteiger partial charge in [0.05, 0.1) is 45.9 Å². The van der Waals surface area contributed by atoms with Gasteiger partial charge in [-0.15, -0.1) is 0 Å². The number of ether oxygens (including phenoxy) is 4. The van der Waals surface area contributed by atoms with Gasteiger partial charge in [-0.05, 0) is 30.5 Å². The molecule has 0 unspecified atom stereocenters. The first-order valence-corrected chi connectivity index (χ1v) is 15.4. The molecule has 15 nitrogen and oxygen atoms in total. The van der Waals surface area contributed by atoms with Gasteiger partial charge in [0, 0.05) is 46.0 Å². The number of Topliss-reactive ketones (excluding diaryl/α,β-unsaturated/α-hetero) is 1. The second kappa shape index (κ2) is 17.3. The number of hydrogen-bond donors (Lipinski definition) is 4. The Kier molecular flexibility index (Phi) is 13.2. The van der Waals surface area contributed by atoms with Gasteiger partial charge >= 0.3 is 0 Å². The van der Waals surface area contributed by atoms with Crippen molar-refractivity contribution in [2.45, 2.75) is 50.2 Å². The van der Waals surface area contributed by atoms with Crippen LogP contribution in [0.3, 0.4) is 0 Å². The van der Waals surface area contributed by atoms with Crippen LogP contribution in [0.5, 0.6) is 5.75 Å². The van der Waals surface area contributed by atoms with Crippen LogP contribution in [0.4, 0.5) is 5.82 Å². The minimum absolute atomic E-state index is 0.00917. The lowest BCUT2D eigenvalue weighted by Crippen LogP contribution is -2.50. The van der Waals surface area contributed by atoms with Crippen molar-refractivity contribution in [2.75, 3.05) is 65.7 Å². The molecule has 1 aliphatic heterocycles. The molecule has 0 aliphatic carbocycles. The quantitative estimate of drug-likeness (QED) is 0.130. The number of nitrogens with one attached hydrogen (secondary N) is 1. The van der Waals surface area contributed by atoms with E-state index in [0.29, 0.717) is 62.1 Å². The Balaban J connectivity index is 1.44. The molecule has 1 aromatic carbocycles. The summed E-state index contributed by atoms with van der Waals surface area (Å²) in [6, 6.07) is 6.32. The number of aliphatic hydroxyl groups is 2. The first kappa shape index (κ1) is 35.1. The molecular formula is C31H45N7O8. The maximum absolute atomic E-state index is 13.8. The standard InChI is InChI=1S/C31H45N7O8/c1-37(2)28-26-29(34-18-33-28)38(19-35-26)31-27(41)25(24(17-39)46-31)36-30(42)21(15-20-6-8-23(43-3)9-7-20)16-22(40)5-4-11-44-13-14-45-12-10-32/h6-9,18-19,21,24-25,27,31,39,41H,4-5,10-17,32H2,1-3H3,(H,36,42)/t21-,24-,25-,27-,31-/m1/s1. The van der Waals surface area contributed by atoms with Crippen molar-refractivity contribution >= 4 is 28.7 Å². The number of methoxy groups -OCH3 is 1. The Morgan fingerprint density at radius 2 is 1.85 bits per heavy atom. The van der Waals surface area contributed by atoms with E-state index in [1.807, 2.05) is 26.2 Å². The van der Waals surface area contributed by atoms with Crippen molar-refractivity contribution in [3.8, 4) is 5.75 Å². The summed E-state index contributed by atoms with van der Waals surface area (Å²) in [5.74, 6) is 0.0115. The van der Waals surface area contributed by atoms with Gasteiger partial charge in [-0.2, -0.15) is 0 Å². The maximum atomic E-state index is 13.8. The van der Waals surface area contributed by atoms with Gasteiger partial charge in [-0.3, -0.25) is 14.2 Å². The molecule has 3 aromatic rings. The Hall–Kier alpha value is -3.73. The first-order chi connectivity index (χ1) is 22.3. The maximum Gasteiger partial charge on any atom is 0.224 e. The third-order valence-electron chi connectivity index (χ3n) is 7.77. The van der Waals surface area contributed by atoms with Crippen LogP contribution in [0.2, 0.25) is 0 Å². The zero-order chi connectivity index (χ0) is 33.1. The molecule has 1 amide bonds. The topological polar surface area (TPSA) is 196 Å². The van der Waals surface area contributed by atoms with Crippen LogP contribution in [0.15, 0.2) is 36.9 Å². The Bertz CT molecular complexity index is 1400. The van der Waals surface area contributed by atoms with Gasteiger partial charge in [-0.25, -0.2) is 15.0 Å². The summed E-state index contributed by atoms with van der Waals surface area (Å²) in [6.07, 6.45) is 0.755. The van der Waals surface area contributed by atoms with Gasteiger partial charge in [-0.1, -0.05) is 12.1 Å². The van der Waals surface area contributed by atoms with Gasteiger partial charge in [0.15, 0.2) is 23.2 Å². The Morgan fingerprint density at radius 1 is 1.11 bits per heavy atom. The molecule has 0 spiro atoms. The predicted molar refractivity (Wildman–Crippen MR) is 168 cm³/mol. The predicted octanol–water partition coefficient (Wildman–Crippen LogP) is 0.227. The number of benzene rings is 1. The largest absolute Gasteiger partial charge is 0.497 e. The highest BCUT2D eigenvalue weighted by Gasteiger charge is 2.46. The summed E-state index contributed by atoms with van der Waals surface area (Å²) in [5.41, 5.74) is 7.18. The van der Waals surface area contributed by atoms with Crippen molar-refractivity contribution in [3.05, 3.63) is 42.5 Å². The van der Waals surface area contributed by atoms with Gasteiger partial charge < -0.3 is 45.1 Å². The third kappa shape index (κ3) is 8.96. The fourth-order valence-corrected chi connectivity index (χ4v) is 5.40. The smallest absolute Gasteiger partial charge is 0.224 e. The zero-order valence-corrected chi connectivity index (χ0v) is 26.6. The van der Waals surface area contributed by atoms with Crippen LogP contribution >= 0.6 is 0 Å².